The third-order valence-electron chi connectivity index (χ3n) is 4.59. The Bertz CT molecular complexity index is 235. The van der Waals surface area contributed by atoms with Crippen LogP contribution >= 0.6 is 0 Å². The fourth-order valence-electron chi connectivity index (χ4n) is 3.33. The molecule has 0 aromatic heterocycles. The first-order valence-electron chi connectivity index (χ1n) is 7.91. The van der Waals surface area contributed by atoms with Crippen molar-refractivity contribution in [3.8, 4) is 0 Å². The van der Waals surface area contributed by atoms with Crippen LogP contribution in [0.1, 0.15) is 70.6 Å². The SMILES string of the molecule is C=CCCCCCC(NN)C1(OC)CCCCCC1. The molecule has 1 aliphatic rings. The van der Waals surface area contributed by atoms with E-state index in [1.807, 2.05) is 13.2 Å². The molecule has 1 saturated carbocycles. The Morgan fingerprint density at radius 3 is 2.42 bits per heavy atom. The Labute approximate surface area is 118 Å². The summed E-state index contributed by atoms with van der Waals surface area (Å²) in [6.45, 7) is 3.77. The van der Waals surface area contributed by atoms with Crippen molar-refractivity contribution in [1.29, 1.82) is 0 Å². The van der Waals surface area contributed by atoms with Gasteiger partial charge in [-0.2, -0.15) is 0 Å². The minimum absolute atomic E-state index is 0.0380. The summed E-state index contributed by atoms with van der Waals surface area (Å²) in [6, 6.07) is 0.291. The van der Waals surface area contributed by atoms with E-state index < -0.39 is 0 Å². The summed E-state index contributed by atoms with van der Waals surface area (Å²) in [5.41, 5.74) is 3.00. The summed E-state index contributed by atoms with van der Waals surface area (Å²) >= 11 is 0. The van der Waals surface area contributed by atoms with Gasteiger partial charge in [-0.05, 0) is 32.1 Å². The summed E-state index contributed by atoms with van der Waals surface area (Å²) in [7, 11) is 1.85. The van der Waals surface area contributed by atoms with Crippen molar-refractivity contribution in [2.45, 2.75) is 82.3 Å². The van der Waals surface area contributed by atoms with Crippen molar-refractivity contribution in [1.82, 2.24) is 5.43 Å². The summed E-state index contributed by atoms with van der Waals surface area (Å²) in [5.74, 6) is 5.81. The predicted molar refractivity (Wildman–Crippen MR) is 81.8 cm³/mol. The molecule has 1 aliphatic carbocycles. The Kier molecular flexibility index (Phi) is 8.35. The number of nitrogens with two attached hydrogens (primary N) is 1. The number of hydrogen-bond acceptors (Lipinski definition) is 3. The number of methoxy groups -OCH3 is 1. The summed E-state index contributed by atoms with van der Waals surface area (Å²) in [6.07, 6.45) is 15.4. The molecule has 0 aromatic carbocycles. The van der Waals surface area contributed by atoms with Crippen molar-refractivity contribution < 1.29 is 4.74 Å². The molecule has 3 nitrogen and oxygen atoms in total. The van der Waals surface area contributed by atoms with Crippen LogP contribution in [0.3, 0.4) is 0 Å². The van der Waals surface area contributed by atoms with Gasteiger partial charge >= 0.3 is 0 Å². The number of hydrogen-bond donors (Lipinski definition) is 2. The number of unbranched alkanes of at least 4 members (excludes halogenated alkanes) is 3. The highest BCUT2D eigenvalue weighted by Crippen LogP contribution is 2.34. The first-order valence-corrected chi connectivity index (χ1v) is 7.91. The summed E-state index contributed by atoms with van der Waals surface area (Å²) in [4.78, 5) is 0. The average molecular weight is 268 g/mol. The van der Waals surface area contributed by atoms with Gasteiger partial charge in [-0.3, -0.25) is 11.3 Å². The van der Waals surface area contributed by atoms with Gasteiger partial charge in [-0.1, -0.05) is 44.6 Å². The zero-order chi connectivity index (χ0) is 14.0. The fourth-order valence-corrected chi connectivity index (χ4v) is 3.33. The van der Waals surface area contributed by atoms with Crippen LogP contribution in [0.2, 0.25) is 0 Å². The predicted octanol–water partition coefficient (Wildman–Crippen LogP) is 3.69. The molecule has 3 heteroatoms. The molecule has 1 atom stereocenters. The van der Waals surface area contributed by atoms with Crippen LogP contribution in [-0.2, 0) is 4.74 Å². The zero-order valence-corrected chi connectivity index (χ0v) is 12.6. The number of hydrazine groups is 1. The van der Waals surface area contributed by atoms with Crippen LogP contribution in [0.15, 0.2) is 12.7 Å². The van der Waals surface area contributed by atoms with Gasteiger partial charge in [0.05, 0.1) is 11.6 Å². The van der Waals surface area contributed by atoms with Gasteiger partial charge in [0.15, 0.2) is 0 Å². The second kappa shape index (κ2) is 9.51. The molecule has 0 heterocycles. The van der Waals surface area contributed by atoms with Gasteiger partial charge in [0.1, 0.15) is 0 Å². The topological polar surface area (TPSA) is 47.3 Å². The van der Waals surface area contributed by atoms with Gasteiger partial charge in [-0.15, -0.1) is 6.58 Å². The number of nitrogens with one attached hydrogen (secondary N) is 1. The second-order valence-corrected chi connectivity index (χ2v) is 5.83. The molecule has 0 aliphatic heterocycles. The molecule has 1 fully saturated rings. The van der Waals surface area contributed by atoms with Crippen molar-refractivity contribution in [3.05, 3.63) is 12.7 Å². The average Bonchev–Trinajstić information content (AvgIpc) is 2.69. The maximum Gasteiger partial charge on any atom is 0.0844 e. The third-order valence-corrected chi connectivity index (χ3v) is 4.59. The molecule has 0 bridgehead atoms. The molecule has 0 aromatic rings. The maximum atomic E-state index is 5.93. The Morgan fingerprint density at radius 2 is 1.89 bits per heavy atom. The number of ether oxygens (including phenoxy) is 1. The molecular formula is C16H32N2O. The monoisotopic (exact) mass is 268 g/mol. The third kappa shape index (κ3) is 5.25. The van der Waals surface area contributed by atoms with E-state index in [-0.39, 0.29) is 5.60 Å². The van der Waals surface area contributed by atoms with Crippen molar-refractivity contribution in [3.63, 3.8) is 0 Å². The van der Waals surface area contributed by atoms with Crippen molar-refractivity contribution in [2.75, 3.05) is 7.11 Å². The Hall–Kier alpha value is -0.380. The largest absolute Gasteiger partial charge is 0.377 e. The quantitative estimate of drug-likeness (QED) is 0.220. The molecule has 0 saturated heterocycles. The highest BCUT2D eigenvalue weighted by Gasteiger charge is 2.38. The van der Waals surface area contributed by atoms with Gasteiger partial charge in [0, 0.05) is 7.11 Å². The number of rotatable bonds is 9. The first-order chi connectivity index (χ1) is 9.29. The molecule has 112 valence electrons. The Balaban J connectivity index is 2.46. The summed E-state index contributed by atoms with van der Waals surface area (Å²) < 4.78 is 5.93. The first kappa shape index (κ1) is 16.7. The van der Waals surface area contributed by atoms with E-state index in [2.05, 4.69) is 12.0 Å². The van der Waals surface area contributed by atoms with E-state index in [1.54, 1.807) is 0 Å². The molecule has 19 heavy (non-hydrogen) atoms. The highest BCUT2D eigenvalue weighted by atomic mass is 16.5. The van der Waals surface area contributed by atoms with Gasteiger partial charge in [0.2, 0.25) is 0 Å². The van der Waals surface area contributed by atoms with Crippen molar-refractivity contribution in [2.24, 2.45) is 5.84 Å². The molecule has 0 radical (unpaired) electrons. The minimum Gasteiger partial charge on any atom is -0.377 e. The van der Waals surface area contributed by atoms with Gasteiger partial charge in [-0.25, -0.2) is 0 Å². The van der Waals surface area contributed by atoms with E-state index in [0.717, 1.165) is 25.7 Å². The van der Waals surface area contributed by atoms with Crippen molar-refractivity contribution >= 4 is 0 Å². The molecule has 0 amide bonds. The molecular weight excluding hydrogens is 236 g/mol. The lowest BCUT2D eigenvalue weighted by atomic mass is 9.83. The Morgan fingerprint density at radius 1 is 1.21 bits per heavy atom. The maximum absolute atomic E-state index is 5.93. The van der Waals surface area contributed by atoms with Crippen LogP contribution < -0.4 is 11.3 Å². The second-order valence-electron chi connectivity index (χ2n) is 5.83. The van der Waals surface area contributed by atoms with E-state index in [0.29, 0.717) is 6.04 Å². The lowest BCUT2D eigenvalue weighted by Gasteiger charge is -2.39. The van der Waals surface area contributed by atoms with Gasteiger partial charge < -0.3 is 4.74 Å². The van der Waals surface area contributed by atoms with E-state index in [4.69, 9.17) is 10.6 Å². The smallest absolute Gasteiger partial charge is 0.0844 e. The van der Waals surface area contributed by atoms with Crippen LogP contribution in [0, 0.1) is 0 Å². The van der Waals surface area contributed by atoms with Crippen LogP contribution in [0.5, 0.6) is 0 Å². The van der Waals surface area contributed by atoms with Gasteiger partial charge in [0.25, 0.3) is 0 Å². The summed E-state index contributed by atoms with van der Waals surface area (Å²) in [5, 5.41) is 0. The minimum atomic E-state index is -0.0380. The molecule has 1 unspecified atom stereocenters. The highest BCUT2D eigenvalue weighted by molar-refractivity contribution is 4.93. The normalized spacial score (nSPS) is 20.7. The van der Waals surface area contributed by atoms with Crippen LogP contribution in [-0.4, -0.2) is 18.8 Å². The standard InChI is InChI=1S/C16H32N2O/c1-3-4-5-6-9-12-15(18-17)16(19-2)13-10-7-8-11-14-16/h3,15,18H,1,4-14,17H2,2H3. The molecule has 0 spiro atoms. The lowest BCUT2D eigenvalue weighted by molar-refractivity contribution is -0.0553. The van der Waals surface area contributed by atoms with E-state index >= 15 is 0 Å². The fraction of sp³-hybridized carbons (Fsp3) is 0.875. The van der Waals surface area contributed by atoms with Crippen LogP contribution in [0.4, 0.5) is 0 Å². The molecule has 3 N–H and O–H groups in total. The molecule has 1 rings (SSSR count). The zero-order valence-electron chi connectivity index (χ0n) is 12.6. The van der Waals surface area contributed by atoms with E-state index in [9.17, 15) is 0 Å². The van der Waals surface area contributed by atoms with Crippen LogP contribution in [0.25, 0.3) is 0 Å². The lowest BCUT2D eigenvalue weighted by Crippen LogP contribution is -2.54. The number of allylic oxidation sites excluding steroid dienone is 1. The van der Waals surface area contributed by atoms with E-state index in [1.165, 1.54) is 44.9 Å².